The lowest BCUT2D eigenvalue weighted by molar-refractivity contribution is 0.0950. The fourth-order valence-corrected chi connectivity index (χ4v) is 1.89. The number of halogens is 3. The Morgan fingerprint density at radius 1 is 1.56 bits per heavy atom. The number of carbonyl (C=O) groups is 1. The van der Waals surface area contributed by atoms with Gasteiger partial charge in [-0.25, -0.2) is 4.39 Å². The first-order chi connectivity index (χ1) is 8.09. The van der Waals surface area contributed by atoms with E-state index in [4.69, 9.17) is 17.3 Å². The summed E-state index contributed by atoms with van der Waals surface area (Å²) in [6.07, 6.45) is 2.25. The molecule has 1 saturated carbocycles. The normalized spacial score (nSPS) is 15.7. The van der Waals surface area contributed by atoms with Gasteiger partial charge in [0.05, 0.1) is 10.6 Å². The highest BCUT2D eigenvalue weighted by Crippen LogP contribution is 2.31. The number of rotatable bonds is 4. The van der Waals surface area contributed by atoms with Gasteiger partial charge < -0.3 is 11.1 Å². The fraction of sp³-hybridized carbons (Fsp3) is 0.417. The summed E-state index contributed by atoms with van der Waals surface area (Å²) in [4.78, 5) is 11.7. The second-order valence-corrected chi connectivity index (χ2v) is 4.69. The van der Waals surface area contributed by atoms with Crippen molar-refractivity contribution < 1.29 is 9.18 Å². The van der Waals surface area contributed by atoms with Gasteiger partial charge in [0, 0.05) is 12.6 Å². The van der Waals surface area contributed by atoms with Gasteiger partial charge in [0.15, 0.2) is 0 Å². The average molecular weight is 293 g/mol. The number of hydrogen-bond acceptors (Lipinski definition) is 2. The minimum atomic E-state index is -0.592. The molecule has 1 aliphatic carbocycles. The molecule has 0 heterocycles. The van der Waals surface area contributed by atoms with E-state index in [9.17, 15) is 9.18 Å². The first-order valence-electron chi connectivity index (χ1n) is 5.57. The van der Waals surface area contributed by atoms with Crippen LogP contribution in [0.1, 0.15) is 23.2 Å². The first kappa shape index (κ1) is 15.2. The second kappa shape index (κ2) is 6.36. The van der Waals surface area contributed by atoms with Crippen LogP contribution in [-0.4, -0.2) is 18.5 Å². The van der Waals surface area contributed by atoms with Crippen molar-refractivity contribution in [3.05, 3.63) is 34.6 Å². The Morgan fingerprint density at radius 3 is 2.83 bits per heavy atom. The maximum atomic E-state index is 13.1. The monoisotopic (exact) mass is 292 g/mol. The van der Waals surface area contributed by atoms with Crippen LogP contribution in [0, 0.1) is 11.7 Å². The van der Waals surface area contributed by atoms with E-state index < -0.39 is 5.82 Å². The highest BCUT2D eigenvalue weighted by molar-refractivity contribution is 6.34. The van der Waals surface area contributed by atoms with Gasteiger partial charge in [0.2, 0.25) is 0 Å². The van der Waals surface area contributed by atoms with Crippen LogP contribution in [0.3, 0.4) is 0 Å². The lowest BCUT2D eigenvalue weighted by atomic mass is 10.1. The molecule has 0 bridgehead atoms. The van der Waals surface area contributed by atoms with Crippen molar-refractivity contribution in [1.82, 2.24) is 5.32 Å². The van der Waals surface area contributed by atoms with Crippen molar-refractivity contribution in [2.75, 3.05) is 6.54 Å². The molecule has 2 rings (SSSR count). The number of nitrogens with two attached hydrogens (primary N) is 1. The predicted molar refractivity (Wildman–Crippen MR) is 71.7 cm³/mol. The Labute approximate surface area is 116 Å². The molecule has 0 saturated heterocycles. The van der Waals surface area contributed by atoms with Gasteiger partial charge in [0.1, 0.15) is 5.82 Å². The molecule has 1 unspecified atom stereocenters. The fourth-order valence-electron chi connectivity index (χ4n) is 1.68. The van der Waals surface area contributed by atoms with Gasteiger partial charge in [-0.1, -0.05) is 17.7 Å². The SMILES string of the molecule is Cl.NC(CNC(=O)c1cccc(F)c1Cl)C1CC1. The van der Waals surface area contributed by atoms with Gasteiger partial charge in [-0.05, 0) is 30.9 Å². The van der Waals surface area contributed by atoms with Crippen LogP contribution >= 0.6 is 24.0 Å². The van der Waals surface area contributed by atoms with Gasteiger partial charge in [-0.2, -0.15) is 0 Å². The number of hydrogen-bond donors (Lipinski definition) is 2. The maximum Gasteiger partial charge on any atom is 0.252 e. The molecule has 1 fully saturated rings. The van der Waals surface area contributed by atoms with Crippen LogP contribution in [0.15, 0.2) is 18.2 Å². The highest BCUT2D eigenvalue weighted by atomic mass is 35.5. The van der Waals surface area contributed by atoms with E-state index in [2.05, 4.69) is 5.32 Å². The quantitative estimate of drug-likeness (QED) is 0.895. The molecule has 6 heteroatoms. The summed E-state index contributed by atoms with van der Waals surface area (Å²) in [6, 6.07) is 4.14. The third-order valence-corrected chi connectivity index (χ3v) is 3.31. The maximum absolute atomic E-state index is 13.1. The lowest BCUT2D eigenvalue weighted by Gasteiger charge is -2.12. The third kappa shape index (κ3) is 3.57. The van der Waals surface area contributed by atoms with E-state index >= 15 is 0 Å². The van der Waals surface area contributed by atoms with Gasteiger partial charge in [-0.3, -0.25) is 4.79 Å². The molecule has 0 aromatic heterocycles. The number of carbonyl (C=O) groups excluding carboxylic acids is 1. The molecular formula is C12H15Cl2FN2O. The Balaban J connectivity index is 0.00000162. The summed E-state index contributed by atoms with van der Waals surface area (Å²) in [5.41, 5.74) is 6.00. The zero-order valence-electron chi connectivity index (χ0n) is 9.66. The summed E-state index contributed by atoms with van der Waals surface area (Å²) < 4.78 is 13.1. The highest BCUT2D eigenvalue weighted by Gasteiger charge is 2.28. The van der Waals surface area contributed by atoms with Crippen LogP contribution in [0.5, 0.6) is 0 Å². The van der Waals surface area contributed by atoms with E-state index in [0.717, 1.165) is 12.8 Å². The molecule has 1 aromatic carbocycles. The molecule has 1 aromatic rings. The Morgan fingerprint density at radius 2 is 2.22 bits per heavy atom. The van der Waals surface area contributed by atoms with Crippen LogP contribution < -0.4 is 11.1 Å². The van der Waals surface area contributed by atoms with Crippen molar-refractivity contribution >= 4 is 29.9 Å². The number of nitrogens with one attached hydrogen (secondary N) is 1. The summed E-state index contributed by atoms with van der Waals surface area (Å²) in [5, 5.41) is 2.52. The van der Waals surface area contributed by atoms with Crippen LogP contribution in [0.2, 0.25) is 5.02 Å². The van der Waals surface area contributed by atoms with Crippen LogP contribution in [0.4, 0.5) is 4.39 Å². The Hall–Kier alpha value is -0.840. The van der Waals surface area contributed by atoms with Crippen molar-refractivity contribution in [3.63, 3.8) is 0 Å². The third-order valence-electron chi connectivity index (χ3n) is 2.92. The van der Waals surface area contributed by atoms with Gasteiger partial charge in [-0.15, -0.1) is 12.4 Å². The molecular weight excluding hydrogens is 278 g/mol. The summed E-state index contributed by atoms with van der Waals surface area (Å²) in [7, 11) is 0. The number of benzene rings is 1. The lowest BCUT2D eigenvalue weighted by Crippen LogP contribution is -2.38. The molecule has 3 nitrogen and oxygen atoms in total. The van der Waals surface area contributed by atoms with E-state index in [-0.39, 0.29) is 34.9 Å². The summed E-state index contributed by atoms with van der Waals surface area (Å²) in [5.74, 6) is -0.463. The first-order valence-corrected chi connectivity index (χ1v) is 5.95. The zero-order chi connectivity index (χ0) is 12.4. The molecule has 100 valence electrons. The molecule has 0 radical (unpaired) electrons. The standard InChI is InChI=1S/C12H14ClFN2O.ClH/c13-11-8(2-1-3-9(11)14)12(17)16-6-10(15)7-4-5-7;/h1-3,7,10H,4-6,15H2,(H,16,17);1H. The molecule has 1 aliphatic rings. The predicted octanol–water partition coefficient (Wildman–Crippen LogP) is 2.37. The zero-order valence-corrected chi connectivity index (χ0v) is 11.2. The van der Waals surface area contributed by atoms with Crippen LogP contribution in [-0.2, 0) is 0 Å². The molecule has 0 spiro atoms. The largest absolute Gasteiger partial charge is 0.350 e. The van der Waals surface area contributed by atoms with Crippen molar-refractivity contribution in [3.8, 4) is 0 Å². The molecule has 1 amide bonds. The summed E-state index contributed by atoms with van der Waals surface area (Å²) in [6.45, 7) is 0.399. The van der Waals surface area contributed by atoms with E-state index in [0.29, 0.717) is 12.5 Å². The minimum Gasteiger partial charge on any atom is -0.350 e. The molecule has 18 heavy (non-hydrogen) atoms. The van der Waals surface area contributed by atoms with Crippen molar-refractivity contribution in [2.45, 2.75) is 18.9 Å². The second-order valence-electron chi connectivity index (χ2n) is 4.31. The van der Waals surface area contributed by atoms with Crippen molar-refractivity contribution in [2.24, 2.45) is 11.7 Å². The molecule has 1 atom stereocenters. The Kier molecular flexibility index (Phi) is 5.38. The van der Waals surface area contributed by atoms with Crippen molar-refractivity contribution in [1.29, 1.82) is 0 Å². The van der Waals surface area contributed by atoms with Crippen LogP contribution in [0.25, 0.3) is 0 Å². The van der Waals surface area contributed by atoms with Gasteiger partial charge >= 0.3 is 0 Å². The summed E-state index contributed by atoms with van der Waals surface area (Å²) >= 11 is 5.71. The molecule has 0 aliphatic heterocycles. The molecule has 3 N–H and O–H groups in total. The average Bonchev–Trinajstić information content (AvgIpc) is 3.13. The smallest absolute Gasteiger partial charge is 0.252 e. The topological polar surface area (TPSA) is 55.1 Å². The minimum absolute atomic E-state index is 0. The van der Waals surface area contributed by atoms with E-state index in [1.165, 1.54) is 18.2 Å². The Bertz CT molecular complexity index is 438. The van der Waals surface area contributed by atoms with E-state index in [1.807, 2.05) is 0 Å². The number of amides is 1. The van der Waals surface area contributed by atoms with E-state index in [1.54, 1.807) is 0 Å². The van der Waals surface area contributed by atoms with Gasteiger partial charge in [0.25, 0.3) is 5.91 Å².